The first-order chi connectivity index (χ1) is 8.83. The second-order valence-corrected chi connectivity index (χ2v) is 4.59. The van der Waals surface area contributed by atoms with Crippen molar-refractivity contribution in [1.29, 1.82) is 0 Å². The van der Waals surface area contributed by atoms with Crippen LogP contribution in [-0.4, -0.2) is 10.2 Å². The van der Waals surface area contributed by atoms with Gasteiger partial charge < -0.3 is 5.32 Å². The number of aromatic nitrogens is 2. The number of H-pyrrole nitrogens is 1. The number of aryl methyl sites for hydroxylation is 1. The molecule has 2 N–H and O–H groups in total. The summed E-state index contributed by atoms with van der Waals surface area (Å²) in [5, 5.41) is 10.1. The maximum atomic E-state index is 6.01. The van der Waals surface area contributed by atoms with Gasteiger partial charge in [-0.15, -0.1) is 11.6 Å². The molecule has 0 unspecified atom stereocenters. The molecule has 0 saturated heterocycles. The van der Waals surface area contributed by atoms with Crippen LogP contribution in [0.3, 0.4) is 0 Å². The standard InChI is InChI=1S/C14H18ClN3/c1-2-3-4-11-5-6-13(12(9-11)10-15)17-14-7-8-16-18-14/h5-9H,2-4,10H2,1H3,(H2,16,17,18). The molecule has 0 aliphatic rings. The molecule has 1 aromatic heterocycles. The summed E-state index contributed by atoms with van der Waals surface area (Å²) in [7, 11) is 0. The fourth-order valence-electron chi connectivity index (χ4n) is 1.89. The Labute approximate surface area is 113 Å². The first-order valence-electron chi connectivity index (χ1n) is 6.27. The van der Waals surface area contributed by atoms with Crippen LogP contribution in [0, 0.1) is 0 Å². The highest BCUT2D eigenvalue weighted by atomic mass is 35.5. The molecule has 0 amide bonds. The van der Waals surface area contributed by atoms with Gasteiger partial charge in [-0.1, -0.05) is 25.5 Å². The maximum absolute atomic E-state index is 6.01. The van der Waals surface area contributed by atoms with Crippen LogP contribution in [0.15, 0.2) is 30.5 Å². The van der Waals surface area contributed by atoms with Crippen LogP contribution in [0.5, 0.6) is 0 Å². The summed E-state index contributed by atoms with van der Waals surface area (Å²) in [6, 6.07) is 8.32. The van der Waals surface area contributed by atoms with Crippen molar-refractivity contribution in [2.24, 2.45) is 0 Å². The SMILES string of the molecule is CCCCc1ccc(Nc2ccn[nH]2)c(CCl)c1. The normalized spacial score (nSPS) is 10.6. The summed E-state index contributed by atoms with van der Waals surface area (Å²) >= 11 is 6.01. The predicted octanol–water partition coefficient (Wildman–Crippen LogP) is 4.23. The van der Waals surface area contributed by atoms with Gasteiger partial charge in [0.2, 0.25) is 0 Å². The Hall–Kier alpha value is -1.48. The first-order valence-corrected chi connectivity index (χ1v) is 6.81. The van der Waals surface area contributed by atoms with E-state index in [1.807, 2.05) is 6.07 Å². The van der Waals surface area contributed by atoms with Gasteiger partial charge in [-0.3, -0.25) is 5.10 Å². The van der Waals surface area contributed by atoms with Crippen LogP contribution in [0.1, 0.15) is 30.9 Å². The van der Waals surface area contributed by atoms with Crippen molar-refractivity contribution in [2.75, 3.05) is 5.32 Å². The van der Waals surface area contributed by atoms with E-state index in [-0.39, 0.29) is 0 Å². The molecule has 3 nitrogen and oxygen atoms in total. The third-order valence-corrected chi connectivity index (χ3v) is 3.19. The highest BCUT2D eigenvalue weighted by molar-refractivity contribution is 6.17. The highest BCUT2D eigenvalue weighted by Gasteiger charge is 2.04. The fourth-order valence-corrected chi connectivity index (χ4v) is 2.11. The Balaban J connectivity index is 2.15. The molecular formula is C14H18ClN3. The van der Waals surface area contributed by atoms with E-state index >= 15 is 0 Å². The average molecular weight is 264 g/mol. The molecule has 0 bridgehead atoms. The zero-order valence-corrected chi connectivity index (χ0v) is 11.3. The minimum atomic E-state index is 0.510. The Bertz CT molecular complexity index is 480. The number of anilines is 2. The van der Waals surface area contributed by atoms with E-state index in [0.717, 1.165) is 23.5 Å². The van der Waals surface area contributed by atoms with Gasteiger partial charge in [0, 0.05) is 17.6 Å². The molecule has 18 heavy (non-hydrogen) atoms. The number of hydrogen-bond acceptors (Lipinski definition) is 2. The second kappa shape index (κ2) is 6.45. The zero-order valence-electron chi connectivity index (χ0n) is 10.5. The monoisotopic (exact) mass is 263 g/mol. The minimum Gasteiger partial charge on any atom is -0.340 e. The molecule has 0 atom stereocenters. The van der Waals surface area contributed by atoms with Gasteiger partial charge in [-0.25, -0.2) is 0 Å². The van der Waals surface area contributed by atoms with E-state index in [0.29, 0.717) is 5.88 Å². The number of alkyl halides is 1. The number of rotatable bonds is 6. The van der Waals surface area contributed by atoms with E-state index in [9.17, 15) is 0 Å². The summed E-state index contributed by atoms with van der Waals surface area (Å²) in [6.45, 7) is 2.20. The van der Waals surface area contributed by atoms with Gasteiger partial charge >= 0.3 is 0 Å². The summed E-state index contributed by atoms with van der Waals surface area (Å²) in [5.74, 6) is 1.39. The molecule has 96 valence electrons. The lowest BCUT2D eigenvalue weighted by molar-refractivity contribution is 0.794. The number of aromatic amines is 1. The topological polar surface area (TPSA) is 40.7 Å². The number of nitrogens with one attached hydrogen (secondary N) is 2. The van der Waals surface area contributed by atoms with Crippen molar-refractivity contribution in [3.05, 3.63) is 41.6 Å². The molecule has 1 aromatic carbocycles. The lowest BCUT2D eigenvalue weighted by atomic mass is 10.0. The van der Waals surface area contributed by atoms with Crippen molar-refractivity contribution in [3.8, 4) is 0 Å². The Kier molecular flexibility index (Phi) is 4.65. The summed E-state index contributed by atoms with van der Waals surface area (Å²) in [5.41, 5.74) is 3.51. The van der Waals surface area contributed by atoms with Crippen molar-refractivity contribution in [1.82, 2.24) is 10.2 Å². The molecule has 1 heterocycles. The molecule has 0 radical (unpaired) electrons. The molecular weight excluding hydrogens is 246 g/mol. The highest BCUT2D eigenvalue weighted by Crippen LogP contribution is 2.23. The smallest absolute Gasteiger partial charge is 0.125 e. The summed E-state index contributed by atoms with van der Waals surface area (Å²) in [6.07, 6.45) is 5.27. The molecule has 4 heteroatoms. The Morgan fingerprint density at radius 3 is 2.89 bits per heavy atom. The third kappa shape index (κ3) is 3.26. The van der Waals surface area contributed by atoms with E-state index in [1.54, 1.807) is 6.20 Å². The fraction of sp³-hybridized carbons (Fsp3) is 0.357. The van der Waals surface area contributed by atoms with E-state index in [1.165, 1.54) is 18.4 Å². The average Bonchev–Trinajstić information content (AvgIpc) is 2.90. The van der Waals surface area contributed by atoms with Gasteiger partial charge in [-0.2, -0.15) is 5.10 Å². The van der Waals surface area contributed by atoms with Crippen molar-refractivity contribution >= 4 is 23.1 Å². The van der Waals surface area contributed by atoms with E-state index < -0.39 is 0 Å². The van der Waals surface area contributed by atoms with Crippen molar-refractivity contribution in [2.45, 2.75) is 32.1 Å². The second-order valence-electron chi connectivity index (χ2n) is 4.32. The van der Waals surface area contributed by atoms with Crippen LogP contribution in [0.4, 0.5) is 11.5 Å². The van der Waals surface area contributed by atoms with Crippen LogP contribution in [0.25, 0.3) is 0 Å². The van der Waals surface area contributed by atoms with Gasteiger partial charge in [0.05, 0.1) is 6.20 Å². The molecule has 0 spiro atoms. The molecule has 0 saturated carbocycles. The van der Waals surface area contributed by atoms with Crippen LogP contribution < -0.4 is 5.32 Å². The van der Waals surface area contributed by atoms with Crippen LogP contribution in [0.2, 0.25) is 0 Å². The van der Waals surface area contributed by atoms with Gasteiger partial charge in [-0.05, 0) is 30.0 Å². The molecule has 0 aliphatic carbocycles. The number of benzene rings is 1. The van der Waals surface area contributed by atoms with Gasteiger partial charge in [0.1, 0.15) is 5.82 Å². The van der Waals surface area contributed by atoms with Crippen molar-refractivity contribution in [3.63, 3.8) is 0 Å². The third-order valence-electron chi connectivity index (χ3n) is 2.90. The number of hydrogen-bond donors (Lipinski definition) is 2. The van der Waals surface area contributed by atoms with Gasteiger partial charge in [0.25, 0.3) is 0 Å². The van der Waals surface area contributed by atoms with Crippen molar-refractivity contribution < 1.29 is 0 Å². The number of unbranched alkanes of at least 4 members (excludes halogenated alkanes) is 1. The van der Waals surface area contributed by atoms with Gasteiger partial charge in [0.15, 0.2) is 0 Å². The molecule has 0 aliphatic heterocycles. The summed E-state index contributed by atoms with van der Waals surface area (Å²) in [4.78, 5) is 0. The Morgan fingerprint density at radius 2 is 2.22 bits per heavy atom. The van der Waals surface area contributed by atoms with E-state index in [4.69, 9.17) is 11.6 Å². The van der Waals surface area contributed by atoms with Crippen LogP contribution >= 0.6 is 11.6 Å². The maximum Gasteiger partial charge on any atom is 0.125 e. The zero-order chi connectivity index (χ0) is 12.8. The molecule has 0 fully saturated rings. The first kappa shape index (κ1) is 13.0. The Morgan fingerprint density at radius 1 is 1.33 bits per heavy atom. The minimum absolute atomic E-state index is 0.510. The largest absolute Gasteiger partial charge is 0.340 e. The lowest BCUT2D eigenvalue weighted by Crippen LogP contribution is -1.97. The quantitative estimate of drug-likeness (QED) is 0.766. The number of nitrogens with zero attached hydrogens (tertiary/aromatic N) is 1. The van der Waals surface area contributed by atoms with Crippen LogP contribution in [-0.2, 0) is 12.3 Å². The molecule has 2 aromatic rings. The lowest BCUT2D eigenvalue weighted by Gasteiger charge is -2.11. The summed E-state index contributed by atoms with van der Waals surface area (Å²) < 4.78 is 0. The molecule has 2 rings (SSSR count). The predicted molar refractivity (Wildman–Crippen MR) is 76.5 cm³/mol. The number of halogens is 1. The van der Waals surface area contributed by atoms with E-state index in [2.05, 4.69) is 40.6 Å².